The molecule has 21 heavy (non-hydrogen) atoms. The first-order valence-corrected chi connectivity index (χ1v) is 8.06. The number of aromatic nitrogens is 1. The van der Waals surface area contributed by atoms with E-state index in [1.807, 2.05) is 13.8 Å². The highest BCUT2D eigenvalue weighted by Crippen LogP contribution is 2.24. The lowest BCUT2D eigenvalue weighted by Gasteiger charge is -2.16. The third kappa shape index (κ3) is 3.66. The molecular formula is C18H26N2O. The zero-order valence-electron chi connectivity index (χ0n) is 13.1. The first kappa shape index (κ1) is 14.6. The molecule has 3 N–H and O–H groups in total. The number of H-pyrrole nitrogens is 1. The van der Waals surface area contributed by atoms with Crippen LogP contribution in [-0.4, -0.2) is 28.3 Å². The van der Waals surface area contributed by atoms with Crippen LogP contribution in [0, 0.1) is 0 Å². The van der Waals surface area contributed by atoms with Gasteiger partial charge in [0.15, 0.2) is 0 Å². The van der Waals surface area contributed by atoms with Crippen molar-refractivity contribution < 1.29 is 5.11 Å². The predicted molar refractivity (Wildman–Crippen MR) is 87.6 cm³/mol. The Hall–Kier alpha value is -1.32. The minimum atomic E-state index is -0.594. The molecule has 0 unspecified atom stereocenters. The number of hydrogen-bond acceptors (Lipinski definition) is 2. The summed E-state index contributed by atoms with van der Waals surface area (Å²) in [6.07, 6.45) is 7.56. The van der Waals surface area contributed by atoms with E-state index in [2.05, 4.69) is 34.7 Å². The highest BCUT2D eigenvalue weighted by atomic mass is 16.3. The van der Waals surface area contributed by atoms with E-state index in [1.54, 1.807) is 0 Å². The number of hydrogen-bond donors (Lipinski definition) is 3. The van der Waals surface area contributed by atoms with Gasteiger partial charge in [-0.3, -0.25) is 0 Å². The van der Waals surface area contributed by atoms with Crippen molar-refractivity contribution in [2.45, 2.75) is 57.6 Å². The fourth-order valence-corrected chi connectivity index (χ4v) is 3.20. The van der Waals surface area contributed by atoms with Gasteiger partial charge in [0.05, 0.1) is 5.60 Å². The largest absolute Gasteiger partial charge is 0.390 e. The maximum atomic E-state index is 9.88. The summed E-state index contributed by atoms with van der Waals surface area (Å²) in [6, 6.07) is 7.26. The standard InChI is InChI=1S/C18H26N2O/c1-18(2,21)8-7-13-5-6-17-16(10-13)14(12-20-17)11-15-4-3-9-19-15/h5-6,10,12,15,19-21H,3-4,7-9,11H2,1-2H3/t15-/m1/s1. The zero-order valence-corrected chi connectivity index (χ0v) is 13.1. The van der Waals surface area contributed by atoms with E-state index >= 15 is 0 Å². The summed E-state index contributed by atoms with van der Waals surface area (Å²) < 4.78 is 0. The highest BCUT2D eigenvalue weighted by molar-refractivity contribution is 5.84. The normalized spacial score (nSPS) is 19.5. The molecule has 0 bridgehead atoms. The third-order valence-electron chi connectivity index (χ3n) is 4.49. The molecule has 0 spiro atoms. The maximum Gasteiger partial charge on any atom is 0.0594 e. The second kappa shape index (κ2) is 5.82. The molecular weight excluding hydrogens is 260 g/mol. The van der Waals surface area contributed by atoms with Crippen molar-refractivity contribution in [3.63, 3.8) is 0 Å². The smallest absolute Gasteiger partial charge is 0.0594 e. The molecule has 0 aliphatic carbocycles. The molecule has 3 heteroatoms. The second-order valence-corrected chi connectivity index (χ2v) is 7.00. The van der Waals surface area contributed by atoms with Crippen LogP contribution in [0.4, 0.5) is 0 Å². The summed E-state index contributed by atoms with van der Waals surface area (Å²) in [5.74, 6) is 0. The van der Waals surface area contributed by atoms with Crippen LogP contribution in [0.25, 0.3) is 10.9 Å². The molecule has 3 rings (SSSR count). The molecule has 3 nitrogen and oxygen atoms in total. The Morgan fingerprint density at radius 2 is 2.19 bits per heavy atom. The molecule has 2 heterocycles. The Bertz CT molecular complexity index is 603. The van der Waals surface area contributed by atoms with Crippen molar-refractivity contribution in [3.8, 4) is 0 Å². The van der Waals surface area contributed by atoms with Crippen molar-refractivity contribution in [1.82, 2.24) is 10.3 Å². The van der Waals surface area contributed by atoms with E-state index in [1.165, 1.54) is 34.9 Å². The maximum absolute atomic E-state index is 9.88. The lowest BCUT2D eigenvalue weighted by molar-refractivity contribution is 0.0714. The quantitative estimate of drug-likeness (QED) is 0.790. The molecule has 2 aromatic rings. The lowest BCUT2D eigenvalue weighted by atomic mass is 9.97. The van der Waals surface area contributed by atoms with Crippen LogP contribution in [0.1, 0.15) is 44.2 Å². The van der Waals surface area contributed by atoms with Crippen LogP contribution in [0.3, 0.4) is 0 Å². The Morgan fingerprint density at radius 3 is 2.90 bits per heavy atom. The van der Waals surface area contributed by atoms with E-state index in [-0.39, 0.29) is 0 Å². The summed E-state index contributed by atoms with van der Waals surface area (Å²) in [4.78, 5) is 3.38. The van der Waals surface area contributed by atoms with Crippen LogP contribution in [-0.2, 0) is 12.8 Å². The SMILES string of the molecule is CC(C)(O)CCc1ccc2[nH]cc(C[C@H]3CCCN3)c2c1. The number of aryl methyl sites for hydroxylation is 1. The minimum absolute atomic E-state index is 0.594. The van der Waals surface area contributed by atoms with Gasteiger partial charge in [-0.05, 0) is 75.8 Å². The van der Waals surface area contributed by atoms with E-state index in [4.69, 9.17) is 0 Å². The van der Waals surface area contributed by atoms with E-state index in [9.17, 15) is 5.11 Å². The van der Waals surface area contributed by atoms with Crippen LogP contribution in [0.5, 0.6) is 0 Å². The van der Waals surface area contributed by atoms with E-state index in [0.29, 0.717) is 6.04 Å². The van der Waals surface area contributed by atoms with Gasteiger partial charge in [-0.15, -0.1) is 0 Å². The number of rotatable bonds is 5. The van der Waals surface area contributed by atoms with E-state index < -0.39 is 5.60 Å². The molecule has 1 aliphatic heterocycles. The molecule has 1 aliphatic rings. The number of aromatic amines is 1. The summed E-state index contributed by atoms with van der Waals surface area (Å²) in [6.45, 7) is 4.90. The molecule has 1 fully saturated rings. The van der Waals surface area contributed by atoms with Gasteiger partial charge in [0, 0.05) is 23.1 Å². The van der Waals surface area contributed by atoms with Crippen molar-refractivity contribution in [3.05, 3.63) is 35.5 Å². The summed E-state index contributed by atoms with van der Waals surface area (Å²) in [5.41, 5.74) is 3.35. The number of nitrogens with one attached hydrogen (secondary N) is 2. The first-order valence-electron chi connectivity index (χ1n) is 8.06. The summed E-state index contributed by atoms with van der Waals surface area (Å²) in [5, 5.41) is 14.8. The Balaban J connectivity index is 1.78. The molecule has 0 saturated carbocycles. The van der Waals surface area contributed by atoms with Crippen LogP contribution in [0.15, 0.2) is 24.4 Å². The predicted octanol–water partition coefficient (Wildman–Crippen LogP) is 3.17. The molecule has 0 amide bonds. The number of benzene rings is 1. The van der Waals surface area contributed by atoms with Gasteiger partial charge in [0.1, 0.15) is 0 Å². The Kier molecular flexibility index (Phi) is 4.05. The van der Waals surface area contributed by atoms with E-state index in [0.717, 1.165) is 25.8 Å². The van der Waals surface area contributed by atoms with Crippen molar-refractivity contribution in [2.75, 3.05) is 6.54 Å². The minimum Gasteiger partial charge on any atom is -0.390 e. The lowest BCUT2D eigenvalue weighted by Crippen LogP contribution is -2.23. The Labute approximate surface area is 126 Å². The fourth-order valence-electron chi connectivity index (χ4n) is 3.20. The van der Waals surface area contributed by atoms with Crippen molar-refractivity contribution in [2.24, 2.45) is 0 Å². The van der Waals surface area contributed by atoms with Gasteiger partial charge in [-0.2, -0.15) is 0 Å². The Morgan fingerprint density at radius 1 is 1.33 bits per heavy atom. The van der Waals surface area contributed by atoms with Gasteiger partial charge < -0.3 is 15.4 Å². The average Bonchev–Trinajstić information content (AvgIpc) is 3.06. The van der Waals surface area contributed by atoms with Crippen LogP contribution in [0.2, 0.25) is 0 Å². The topological polar surface area (TPSA) is 48.0 Å². The van der Waals surface area contributed by atoms with Gasteiger partial charge in [0.2, 0.25) is 0 Å². The van der Waals surface area contributed by atoms with Crippen molar-refractivity contribution in [1.29, 1.82) is 0 Å². The van der Waals surface area contributed by atoms with Gasteiger partial charge in [-0.25, -0.2) is 0 Å². The summed E-state index contributed by atoms with van der Waals surface area (Å²) >= 11 is 0. The molecule has 1 aromatic carbocycles. The molecule has 0 radical (unpaired) electrons. The fraction of sp³-hybridized carbons (Fsp3) is 0.556. The molecule has 114 valence electrons. The molecule has 1 saturated heterocycles. The number of fused-ring (bicyclic) bond motifs is 1. The second-order valence-electron chi connectivity index (χ2n) is 7.00. The van der Waals surface area contributed by atoms with Gasteiger partial charge >= 0.3 is 0 Å². The first-order chi connectivity index (χ1) is 10.0. The molecule has 1 aromatic heterocycles. The number of aliphatic hydroxyl groups is 1. The monoisotopic (exact) mass is 286 g/mol. The summed E-state index contributed by atoms with van der Waals surface area (Å²) in [7, 11) is 0. The van der Waals surface area contributed by atoms with Gasteiger partial charge in [-0.1, -0.05) is 6.07 Å². The van der Waals surface area contributed by atoms with Crippen molar-refractivity contribution >= 4 is 10.9 Å². The van der Waals surface area contributed by atoms with Crippen LogP contribution < -0.4 is 5.32 Å². The zero-order chi connectivity index (χ0) is 14.9. The molecule has 1 atom stereocenters. The highest BCUT2D eigenvalue weighted by Gasteiger charge is 2.17. The van der Waals surface area contributed by atoms with Crippen LogP contribution >= 0.6 is 0 Å². The van der Waals surface area contributed by atoms with Gasteiger partial charge in [0.25, 0.3) is 0 Å². The third-order valence-corrected chi connectivity index (χ3v) is 4.49. The average molecular weight is 286 g/mol.